The van der Waals surface area contributed by atoms with Gasteiger partial charge in [0.2, 0.25) is 0 Å². The zero-order valence-electron chi connectivity index (χ0n) is 37.3. The molecule has 6 atom stereocenters. The Morgan fingerprint density at radius 1 is 0.517 bits per heavy atom. The first kappa shape index (κ1) is 54.5. The van der Waals surface area contributed by atoms with E-state index in [2.05, 4.69) is 26.0 Å². The summed E-state index contributed by atoms with van der Waals surface area (Å²) in [6.07, 6.45) is 35.2. The van der Waals surface area contributed by atoms with Gasteiger partial charge in [-0.2, -0.15) is 0 Å². The van der Waals surface area contributed by atoms with Gasteiger partial charge in [-0.3, -0.25) is 9.59 Å². The standard InChI is InChI=1S/C48H90O10/c1-3-5-7-9-11-13-15-16-17-18-19-20-21-22-23-24-25-27-29-31-33-35-37-44(51)57-41(40-56-48-47(54)46(53)45(52)42(38-49)58-48)39-55-43(50)36-34-32-30-28-26-14-12-10-8-6-4-2/h10,12,41-42,45-49,52-54H,3-9,11,13-40H2,1-2H3/b12-10+/t41-,42-,45+,46?,47?,48-/m1/s1. The van der Waals surface area contributed by atoms with Gasteiger partial charge in [-0.1, -0.05) is 193 Å². The quantitative estimate of drug-likeness (QED) is 0.0266. The van der Waals surface area contributed by atoms with Gasteiger partial charge >= 0.3 is 11.9 Å². The van der Waals surface area contributed by atoms with Crippen LogP contribution in [0.4, 0.5) is 0 Å². The van der Waals surface area contributed by atoms with Crippen molar-refractivity contribution < 1.29 is 49.0 Å². The largest absolute Gasteiger partial charge is 0.462 e. The van der Waals surface area contributed by atoms with Crippen molar-refractivity contribution in [2.45, 2.75) is 263 Å². The maximum absolute atomic E-state index is 12.8. The summed E-state index contributed by atoms with van der Waals surface area (Å²) in [6, 6.07) is 0. The Bertz CT molecular complexity index is 959. The van der Waals surface area contributed by atoms with Gasteiger partial charge in [-0.05, 0) is 32.1 Å². The number of hydrogen-bond donors (Lipinski definition) is 4. The molecule has 0 bridgehead atoms. The molecule has 1 fully saturated rings. The summed E-state index contributed by atoms with van der Waals surface area (Å²) in [5.41, 5.74) is 0. The average molecular weight is 827 g/mol. The Kier molecular flexibility index (Phi) is 37.2. The molecule has 0 spiro atoms. The molecule has 10 heteroatoms. The van der Waals surface area contributed by atoms with Crippen LogP contribution < -0.4 is 0 Å². The number of esters is 2. The number of rotatable bonds is 41. The molecular weight excluding hydrogens is 737 g/mol. The molecule has 10 nitrogen and oxygen atoms in total. The molecule has 0 amide bonds. The molecule has 2 unspecified atom stereocenters. The molecule has 0 aromatic rings. The summed E-state index contributed by atoms with van der Waals surface area (Å²) < 4.78 is 22.2. The topological polar surface area (TPSA) is 152 Å². The van der Waals surface area contributed by atoms with Gasteiger partial charge in [0.25, 0.3) is 0 Å². The zero-order valence-corrected chi connectivity index (χ0v) is 37.3. The highest BCUT2D eigenvalue weighted by Gasteiger charge is 2.44. The first-order valence-corrected chi connectivity index (χ1v) is 24.3. The monoisotopic (exact) mass is 827 g/mol. The second kappa shape index (κ2) is 39.6. The van der Waals surface area contributed by atoms with Crippen LogP contribution in [0.2, 0.25) is 0 Å². The fraction of sp³-hybridized carbons (Fsp3) is 0.917. The van der Waals surface area contributed by atoms with Crippen LogP contribution in [0, 0.1) is 0 Å². The maximum atomic E-state index is 12.8. The number of ether oxygens (including phenoxy) is 4. The highest BCUT2D eigenvalue weighted by molar-refractivity contribution is 5.70. The summed E-state index contributed by atoms with van der Waals surface area (Å²) in [4.78, 5) is 25.3. The van der Waals surface area contributed by atoms with Gasteiger partial charge in [0, 0.05) is 12.8 Å². The van der Waals surface area contributed by atoms with E-state index in [0.717, 1.165) is 64.2 Å². The predicted molar refractivity (Wildman–Crippen MR) is 233 cm³/mol. The second-order valence-corrected chi connectivity index (χ2v) is 16.9. The van der Waals surface area contributed by atoms with Crippen LogP contribution in [0.3, 0.4) is 0 Å². The van der Waals surface area contributed by atoms with Crippen LogP contribution in [0.1, 0.15) is 226 Å². The van der Waals surface area contributed by atoms with E-state index in [1.807, 2.05) is 0 Å². The molecule has 4 N–H and O–H groups in total. The van der Waals surface area contributed by atoms with Crippen molar-refractivity contribution >= 4 is 11.9 Å². The van der Waals surface area contributed by atoms with Crippen molar-refractivity contribution in [3.05, 3.63) is 12.2 Å². The summed E-state index contributed by atoms with van der Waals surface area (Å²) in [6.45, 7) is 3.40. The summed E-state index contributed by atoms with van der Waals surface area (Å²) in [7, 11) is 0. The number of allylic oxidation sites excluding steroid dienone is 2. The minimum Gasteiger partial charge on any atom is -0.462 e. The van der Waals surface area contributed by atoms with E-state index < -0.39 is 49.4 Å². The van der Waals surface area contributed by atoms with E-state index in [1.54, 1.807) is 0 Å². The molecule has 1 heterocycles. The Balaban J connectivity index is 2.23. The van der Waals surface area contributed by atoms with Crippen LogP contribution in [0.15, 0.2) is 12.2 Å². The van der Waals surface area contributed by atoms with Crippen LogP contribution in [0.5, 0.6) is 0 Å². The van der Waals surface area contributed by atoms with E-state index in [0.29, 0.717) is 6.42 Å². The molecule has 1 aliphatic rings. The van der Waals surface area contributed by atoms with Gasteiger partial charge in [-0.25, -0.2) is 0 Å². The number of aliphatic hydroxyl groups is 4. The normalized spacial score (nSPS) is 20.1. The summed E-state index contributed by atoms with van der Waals surface area (Å²) in [5, 5.41) is 40.1. The van der Waals surface area contributed by atoms with Crippen LogP contribution in [0.25, 0.3) is 0 Å². The fourth-order valence-electron chi connectivity index (χ4n) is 7.52. The molecule has 0 radical (unpaired) electrons. The number of hydrogen-bond acceptors (Lipinski definition) is 10. The van der Waals surface area contributed by atoms with E-state index in [1.165, 1.54) is 128 Å². The molecule has 1 rings (SSSR count). The third kappa shape index (κ3) is 30.5. The van der Waals surface area contributed by atoms with Crippen molar-refractivity contribution in [3.63, 3.8) is 0 Å². The van der Waals surface area contributed by atoms with E-state index in [9.17, 15) is 30.0 Å². The van der Waals surface area contributed by atoms with Gasteiger partial charge in [-0.15, -0.1) is 0 Å². The molecule has 1 aliphatic heterocycles. The second-order valence-electron chi connectivity index (χ2n) is 16.9. The fourth-order valence-corrected chi connectivity index (χ4v) is 7.52. The third-order valence-electron chi connectivity index (χ3n) is 11.4. The van der Waals surface area contributed by atoms with Gasteiger partial charge in [0.15, 0.2) is 12.4 Å². The lowest BCUT2D eigenvalue weighted by atomic mass is 9.99. The Morgan fingerprint density at radius 3 is 1.40 bits per heavy atom. The summed E-state index contributed by atoms with van der Waals surface area (Å²) in [5.74, 6) is -0.806. The lowest BCUT2D eigenvalue weighted by Gasteiger charge is -2.39. The SMILES string of the molecule is CCCC/C=C/CCCCCCCC(=O)OC[C@H](CO[C@@H]1O[C@H](CO)[C@H](O)C(O)C1O)OC(=O)CCCCCCCCCCCCCCCCCCCCCCCC. The van der Waals surface area contributed by atoms with Crippen LogP contribution >= 0.6 is 0 Å². The van der Waals surface area contributed by atoms with Crippen molar-refractivity contribution in [2.75, 3.05) is 19.8 Å². The van der Waals surface area contributed by atoms with E-state index in [-0.39, 0.29) is 32.0 Å². The van der Waals surface area contributed by atoms with Crippen LogP contribution in [-0.4, -0.2) is 89.0 Å². The minimum absolute atomic E-state index is 0.217. The molecule has 0 saturated carbocycles. The lowest BCUT2D eigenvalue weighted by molar-refractivity contribution is -0.305. The molecular formula is C48H90O10. The first-order valence-electron chi connectivity index (χ1n) is 24.3. The van der Waals surface area contributed by atoms with Gasteiger partial charge in [0.05, 0.1) is 13.2 Å². The maximum Gasteiger partial charge on any atom is 0.306 e. The molecule has 1 saturated heterocycles. The number of unbranched alkanes of at least 4 members (excludes halogenated alkanes) is 28. The molecule has 0 aromatic heterocycles. The Morgan fingerprint density at radius 2 is 0.931 bits per heavy atom. The molecule has 0 aliphatic carbocycles. The van der Waals surface area contributed by atoms with E-state index >= 15 is 0 Å². The minimum atomic E-state index is -1.59. The van der Waals surface area contributed by atoms with Crippen molar-refractivity contribution in [3.8, 4) is 0 Å². The van der Waals surface area contributed by atoms with Gasteiger partial charge < -0.3 is 39.4 Å². The number of carbonyl (C=O) groups excluding carboxylic acids is 2. The van der Waals surface area contributed by atoms with Gasteiger partial charge in [0.1, 0.15) is 31.0 Å². The number of aliphatic hydroxyl groups excluding tert-OH is 4. The smallest absolute Gasteiger partial charge is 0.306 e. The lowest BCUT2D eigenvalue weighted by Crippen LogP contribution is -2.59. The number of carbonyl (C=O) groups is 2. The van der Waals surface area contributed by atoms with Crippen molar-refractivity contribution in [1.29, 1.82) is 0 Å². The van der Waals surface area contributed by atoms with E-state index in [4.69, 9.17) is 18.9 Å². The Hall–Kier alpha value is -1.56. The van der Waals surface area contributed by atoms with Crippen molar-refractivity contribution in [2.24, 2.45) is 0 Å². The predicted octanol–water partition coefficient (Wildman–Crippen LogP) is 10.7. The first-order chi connectivity index (χ1) is 28.3. The van der Waals surface area contributed by atoms with Crippen molar-refractivity contribution in [1.82, 2.24) is 0 Å². The highest BCUT2D eigenvalue weighted by atomic mass is 16.7. The molecule has 0 aromatic carbocycles. The summed E-state index contributed by atoms with van der Waals surface area (Å²) >= 11 is 0. The molecule has 58 heavy (non-hydrogen) atoms. The highest BCUT2D eigenvalue weighted by Crippen LogP contribution is 2.23. The Labute approximate surface area is 354 Å². The average Bonchev–Trinajstić information content (AvgIpc) is 3.22. The van der Waals surface area contributed by atoms with Crippen LogP contribution in [-0.2, 0) is 28.5 Å². The zero-order chi connectivity index (χ0) is 42.3. The molecule has 342 valence electrons. The third-order valence-corrected chi connectivity index (χ3v) is 11.4.